The van der Waals surface area contributed by atoms with E-state index in [0.717, 1.165) is 0 Å². The number of nitriles is 1. The first-order chi connectivity index (χ1) is 10.1. The van der Waals surface area contributed by atoms with E-state index in [4.69, 9.17) is 14.7 Å². The van der Waals surface area contributed by atoms with Crippen LogP contribution in [-0.4, -0.2) is 37.6 Å². The summed E-state index contributed by atoms with van der Waals surface area (Å²) >= 11 is 0. The van der Waals surface area contributed by atoms with Gasteiger partial charge in [0.05, 0.1) is 18.7 Å². The number of carbonyl (C=O) groups excluding carboxylic acids is 1. The zero-order valence-electron chi connectivity index (χ0n) is 12.6. The highest BCUT2D eigenvalue weighted by molar-refractivity contribution is 5.78. The van der Waals surface area contributed by atoms with Crippen LogP contribution >= 0.6 is 0 Å². The smallest absolute Gasteiger partial charge is 0.260 e. The molecule has 2 rings (SSSR count). The van der Waals surface area contributed by atoms with Crippen molar-refractivity contribution in [2.75, 3.05) is 20.8 Å². The lowest BCUT2D eigenvalue weighted by molar-refractivity contribution is -0.134. The summed E-state index contributed by atoms with van der Waals surface area (Å²) in [6.45, 7) is 2.04. The third-order valence-corrected chi connectivity index (χ3v) is 3.95. The molecule has 0 spiro atoms. The number of nitrogens with zero attached hydrogens (tertiary/aromatic N) is 2. The van der Waals surface area contributed by atoms with Crippen LogP contribution in [0.4, 0.5) is 0 Å². The van der Waals surface area contributed by atoms with E-state index in [9.17, 15) is 4.79 Å². The van der Waals surface area contributed by atoms with Crippen LogP contribution in [0.5, 0.6) is 11.5 Å². The van der Waals surface area contributed by atoms with E-state index in [1.807, 2.05) is 13.1 Å². The van der Waals surface area contributed by atoms with Gasteiger partial charge in [-0.15, -0.1) is 0 Å². The Morgan fingerprint density at radius 3 is 2.76 bits per heavy atom. The van der Waals surface area contributed by atoms with Gasteiger partial charge in [-0.3, -0.25) is 4.79 Å². The molecular weight excluding hydrogens is 268 g/mol. The molecule has 5 heteroatoms. The van der Waals surface area contributed by atoms with Crippen molar-refractivity contribution in [3.8, 4) is 17.6 Å². The SMILES string of the molecule is COc1cc(C#N)ccc1OCC(=O)N(C)C(C)C1CC1. The molecule has 0 bridgehead atoms. The number of hydrogen-bond donors (Lipinski definition) is 0. The van der Waals surface area contributed by atoms with E-state index < -0.39 is 0 Å². The maximum Gasteiger partial charge on any atom is 0.260 e. The fourth-order valence-corrected chi connectivity index (χ4v) is 2.22. The molecule has 0 radical (unpaired) electrons. The highest BCUT2D eigenvalue weighted by atomic mass is 16.5. The standard InChI is InChI=1S/C16H20N2O3/c1-11(13-5-6-13)18(2)16(19)10-21-14-7-4-12(9-17)8-15(14)20-3/h4,7-8,11,13H,5-6,10H2,1-3H3. The van der Waals surface area contributed by atoms with E-state index in [0.29, 0.717) is 23.0 Å². The highest BCUT2D eigenvalue weighted by Gasteiger charge is 2.32. The lowest BCUT2D eigenvalue weighted by Gasteiger charge is -2.25. The average Bonchev–Trinajstić information content (AvgIpc) is 3.35. The van der Waals surface area contributed by atoms with Crippen LogP contribution in [0.15, 0.2) is 18.2 Å². The first kappa shape index (κ1) is 15.2. The number of amides is 1. The van der Waals surface area contributed by atoms with Crippen molar-refractivity contribution in [2.24, 2.45) is 5.92 Å². The van der Waals surface area contributed by atoms with Gasteiger partial charge in [0.15, 0.2) is 18.1 Å². The summed E-state index contributed by atoms with van der Waals surface area (Å²) in [5.74, 6) is 1.50. The second kappa shape index (κ2) is 6.49. The van der Waals surface area contributed by atoms with Gasteiger partial charge in [0.2, 0.25) is 0 Å². The summed E-state index contributed by atoms with van der Waals surface area (Å²) in [5.41, 5.74) is 0.491. The Hall–Kier alpha value is -2.22. The Morgan fingerprint density at radius 2 is 2.19 bits per heavy atom. The largest absolute Gasteiger partial charge is 0.493 e. The highest BCUT2D eigenvalue weighted by Crippen LogP contribution is 2.34. The van der Waals surface area contributed by atoms with Crippen molar-refractivity contribution in [3.05, 3.63) is 23.8 Å². The minimum absolute atomic E-state index is 0.0319. The van der Waals surface area contributed by atoms with Crippen LogP contribution in [0.3, 0.4) is 0 Å². The van der Waals surface area contributed by atoms with E-state index in [1.54, 1.807) is 23.1 Å². The van der Waals surface area contributed by atoms with Crippen LogP contribution in [0, 0.1) is 17.2 Å². The number of likely N-dealkylation sites (N-methyl/N-ethyl adjacent to an activating group) is 1. The van der Waals surface area contributed by atoms with E-state index in [1.165, 1.54) is 20.0 Å². The van der Waals surface area contributed by atoms with Crippen LogP contribution in [0.2, 0.25) is 0 Å². The van der Waals surface area contributed by atoms with E-state index in [-0.39, 0.29) is 18.6 Å². The Balaban J connectivity index is 1.96. The van der Waals surface area contributed by atoms with Gasteiger partial charge in [-0.25, -0.2) is 0 Å². The second-order valence-electron chi connectivity index (χ2n) is 5.35. The predicted molar refractivity (Wildman–Crippen MR) is 78.2 cm³/mol. The first-order valence-electron chi connectivity index (χ1n) is 7.03. The Kier molecular flexibility index (Phi) is 4.69. The molecule has 1 saturated carbocycles. The zero-order valence-corrected chi connectivity index (χ0v) is 12.6. The Morgan fingerprint density at radius 1 is 1.48 bits per heavy atom. The molecule has 0 heterocycles. The van der Waals surface area contributed by atoms with Gasteiger partial charge in [-0.2, -0.15) is 5.26 Å². The Labute approximate surface area is 125 Å². The van der Waals surface area contributed by atoms with E-state index >= 15 is 0 Å². The summed E-state index contributed by atoms with van der Waals surface area (Å²) in [7, 11) is 3.32. The van der Waals surface area contributed by atoms with E-state index in [2.05, 4.69) is 6.92 Å². The van der Waals surface area contributed by atoms with Crippen LogP contribution in [0.1, 0.15) is 25.3 Å². The van der Waals surface area contributed by atoms with Crippen molar-refractivity contribution >= 4 is 5.91 Å². The van der Waals surface area contributed by atoms with Crippen molar-refractivity contribution < 1.29 is 14.3 Å². The molecule has 1 aliphatic carbocycles. The molecule has 1 atom stereocenters. The quantitative estimate of drug-likeness (QED) is 0.805. The molecule has 1 aliphatic rings. The van der Waals surface area contributed by atoms with Gasteiger partial charge < -0.3 is 14.4 Å². The number of hydrogen-bond acceptors (Lipinski definition) is 4. The maximum absolute atomic E-state index is 12.1. The molecule has 0 aliphatic heterocycles. The lowest BCUT2D eigenvalue weighted by Crippen LogP contribution is -2.39. The summed E-state index contributed by atoms with van der Waals surface area (Å²) in [4.78, 5) is 13.9. The summed E-state index contributed by atoms with van der Waals surface area (Å²) in [6.07, 6.45) is 2.40. The minimum atomic E-state index is -0.0548. The van der Waals surface area contributed by atoms with Gasteiger partial charge >= 0.3 is 0 Å². The first-order valence-corrected chi connectivity index (χ1v) is 7.03. The third kappa shape index (κ3) is 3.66. The second-order valence-corrected chi connectivity index (χ2v) is 5.35. The number of methoxy groups -OCH3 is 1. The van der Waals surface area contributed by atoms with Crippen LogP contribution < -0.4 is 9.47 Å². The summed E-state index contributed by atoms with van der Waals surface area (Å²) < 4.78 is 10.7. The lowest BCUT2D eigenvalue weighted by atomic mass is 10.2. The zero-order chi connectivity index (χ0) is 15.4. The maximum atomic E-state index is 12.1. The van der Waals surface area contributed by atoms with Gasteiger partial charge in [0.1, 0.15) is 0 Å². The molecule has 1 unspecified atom stereocenters. The molecule has 1 aromatic carbocycles. The fraction of sp³-hybridized carbons (Fsp3) is 0.500. The molecule has 112 valence electrons. The predicted octanol–water partition coefficient (Wildman–Crippen LogP) is 2.20. The van der Waals surface area contributed by atoms with Crippen LogP contribution in [-0.2, 0) is 4.79 Å². The third-order valence-electron chi connectivity index (χ3n) is 3.95. The normalized spacial score (nSPS) is 15.0. The topological polar surface area (TPSA) is 62.6 Å². The van der Waals surface area contributed by atoms with Gasteiger partial charge in [-0.05, 0) is 37.8 Å². The van der Waals surface area contributed by atoms with Gasteiger partial charge in [0, 0.05) is 19.2 Å². The molecular formula is C16H20N2O3. The number of benzene rings is 1. The molecule has 0 saturated heterocycles. The molecule has 0 N–H and O–H groups in total. The van der Waals surface area contributed by atoms with Crippen molar-refractivity contribution in [1.29, 1.82) is 5.26 Å². The molecule has 5 nitrogen and oxygen atoms in total. The average molecular weight is 288 g/mol. The van der Waals surface area contributed by atoms with Crippen molar-refractivity contribution in [2.45, 2.75) is 25.8 Å². The number of ether oxygens (including phenoxy) is 2. The molecule has 1 fully saturated rings. The van der Waals surface area contributed by atoms with Gasteiger partial charge in [-0.1, -0.05) is 0 Å². The van der Waals surface area contributed by atoms with Crippen LogP contribution in [0.25, 0.3) is 0 Å². The number of rotatable bonds is 6. The summed E-state index contributed by atoms with van der Waals surface area (Å²) in [5, 5.41) is 8.85. The monoisotopic (exact) mass is 288 g/mol. The fourth-order valence-electron chi connectivity index (χ4n) is 2.22. The van der Waals surface area contributed by atoms with Crippen molar-refractivity contribution in [1.82, 2.24) is 4.90 Å². The van der Waals surface area contributed by atoms with Gasteiger partial charge in [0.25, 0.3) is 5.91 Å². The number of carbonyl (C=O) groups is 1. The summed E-state index contributed by atoms with van der Waals surface area (Å²) in [6, 6.07) is 7.17. The molecule has 1 amide bonds. The molecule has 21 heavy (non-hydrogen) atoms. The van der Waals surface area contributed by atoms with Crippen molar-refractivity contribution in [3.63, 3.8) is 0 Å². The molecule has 1 aromatic rings. The molecule has 0 aromatic heterocycles. The Bertz CT molecular complexity index is 561. The minimum Gasteiger partial charge on any atom is -0.493 e.